The highest BCUT2D eigenvalue weighted by Crippen LogP contribution is 2.28. The summed E-state index contributed by atoms with van der Waals surface area (Å²) in [5.41, 5.74) is 0.868. The third kappa shape index (κ3) is 6.41. The first-order valence-corrected chi connectivity index (χ1v) is 12.3. The van der Waals surface area contributed by atoms with Gasteiger partial charge in [0.15, 0.2) is 17.6 Å². The summed E-state index contributed by atoms with van der Waals surface area (Å²) in [5, 5.41) is 2.76. The minimum absolute atomic E-state index is 0.0664. The maximum atomic E-state index is 12.7. The van der Waals surface area contributed by atoms with E-state index >= 15 is 0 Å². The molecule has 0 aliphatic heterocycles. The van der Waals surface area contributed by atoms with Gasteiger partial charge in [0.25, 0.3) is 15.9 Å². The van der Waals surface area contributed by atoms with Crippen LogP contribution in [0.15, 0.2) is 77.7 Å². The van der Waals surface area contributed by atoms with Crippen LogP contribution in [0.4, 0.5) is 11.4 Å². The fraction of sp³-hybridized carbons (Fsp3) is 0.240. The number of sulfonamides is 1. The molecule has 0 aliphatic carbocycles. The van der Waals surface area contributed by atoms with Gasteiger partial charge in [0.2, 0.25) is 0 Å². The van der Waals surface area contributed by atoms with Crippen molar-refractivity contribution in [1.82, 2.24) is 0 Å². The Morgan fingerprint density at radius 3 is 2.09 bits per heavy atom. The molecule has 0 fully saturated rings. The molecular weight excluding hydrogens is 456 g/mol. The summed E-state index contributed by atoms with van der Waals surface area (Å²) in [6.45, 7) is 4.24. The van der Waals surface area contributed by atoms with Gasteiger partial charge in [-0.15, -0.1) is 0 Å². The number of rotatable bonds is 11. The molecule has 0 aliphatic rings. The van der Waals surface area contributed by atoms with Crippen molar-refractivity contribution in [2.24, 2.45) is 0 Å². The highest BCUT2D eigenvalue weighted by atomic mass is 32.2. The Balaban J connectivity index is 1.65. The van der Waals surface area contributed by atoms with Crippen molar-refractivity contribution in [3.05, 3.63) is 72.8 Å². The molecule has 2 N–H and O–H groups in total. The van der Waals surface area contributed by atoms with Crippen LogP contribution in [-0.2, 0) is 14.8 Å². The number of hydrogen-bond donors (Lipinski definition) is 2. The third-order valence-electron chi connectivity index (χ3n) is 4.85. The quantitative estimate of drug-likeness (QED) is 0.409. The second-order valence-corrected chi connectivity index (χ2v) is 8.92. The van der Waals surface area contributed by atoms with Gasteiger partial charge in [0, 0.05) is 11.4 Å². The zero-order valence-electron chi connectivity index (χ0n) is 19.3. The minimum atomic E-state index is -3.80. The third-order valence-corrected chi connectivity index (χ3v) is 6.25. The number of carbonyl (C=O) groups excluding carboxylic acids is 1. The Bertz CT molecular complexity index is 1190. The maximum Gasteiger partial charge on any atom is 0.265 e. The molecule has 8 nitrogen and oxygen atoms in total. The summed E-state index contributed by atoms with van der Waals surface area (Å²) in [4.78, 5) is 12.8. The molecule has 0 radical (unpaired) electrons. The van der Waals surface area contributed by atoms with Gasteiger partial charge in [-0.25, -0.2) is 8.42 Å². The van der Waals surface area contributed by atoms with Crippen LogP contribution >= 0.6 is 0 Å². The number of amides is 1. The first-order valence-electron chi connectivity index (χ1n) is 10.8. The van der Waals surface area contributed by atoms with Gasteiger partial charge < -0.3 is 19.5 Å². The minimum Gasteiger partial charge on any atom is -0.494 e. The topological polar surface area (TPSA) is 103 Å². The Hall–Kier alpha value is -3.72. The molecule has 0 unspecified atom stereocenters. The van der Waals surface area contributed by atoms with Crippen LogP contribution in [-0.4, -0.2) is 34.1 Å². The van der Waals surface area contributed by atoms with Crippen LogP contribution in [0.3, 0.4) is 0 Å². The predicted octanol–water partition coefficient (Wildman–Crippen LogP) is 4.69. The lowest BCUT2D eigenvalue weighted by Gasteiger charge is -2.19. The van der Waals surface area contributed by atoms with Gasteiger partial charge in [-0.3, -0.25) is 9.52 Å². The van der Waals surface area contributed by atoms with Crippen molar-refractivity contribution in [1.29, 1.82) is 0 Å². The Labute approximate surface area is 199 Å². The van der Waals surface area contributed by atoms with Gasteiger partial charge in [0.05, 0.1) is 18.6 Å². The van der Waals surface area contributed by atoms with E-state index in [9.17, 15) is 13.2 Å². The summed E-state index contributed by atoms with van der Waals surface area (Å²) >= 11 is 0. The molecule has 9 heteroatoms. The van der Waals surface area contributed by atoms with Crippen molar-refractivity contribution >= 4 is 27.3 Å². The monoisotopic (exact) mass is 484 g/mol. The van der Waals surface area contributed by atoms with Crippen molar-refractivity contribution in [2.75, 3.05) is 23.8 Å². The van der Waals surface area contributed by atoms with Crippen LogP contribution in [0.25, 0.3) is 0 Å². The average Bonchev–Trinajstić information content (AvgIpc) is 2.84. The van der Waals surface area contributed by atoms with Crippen LogP contribution < -0.4 is 24.2 Å². The van der Waals surface area contributed by atoms with Crippen LogP contribution in [0.1, 0.15) is 20.3 Å². The van der Waals surface area contributed by atoms with Crippen molar-refractivity contribution in [3.8, 4) is 17.2 Å². The molecule has 3 aromatic rings. The smallest absolute Gasteiger partial charge is 0.265 e. The second-order valence-electron chi connectivity index (χ2n) is 7.24. The van der Waals surface area contributed by atoms with Crippen LogP contribution in [0.2, 0.25) is 0 Å². The van der Waals surface area contributed by atoms with Gasteiger partial charge in [-0.1, -0.05) is 19.1 Å². The van der Waals surface area contributed by atoms with E-state index in [-0.39, 0.29) is 10.8 Å². The van der Waals surface area contributed by atoms with E-state index in [1.54, 1.807) is 42.5 Å². The molecule has 1 amide bonds. The van der Waals surface area contributed by atoms with E-state index < -0.39 is 16.1 Å². The van der Waals surface area contributed by atoms with Crippen LogP contribution in [0, 0.1) is 0 Å². The number of para-hydroxylation sites is 2. The molecule has 0 aromatic heterocycles. The van der Waals surface area contributed by atoms with Crippen molar-refractivity contribution in [3.63, 3.8) is 0 Å². The molecule has 0 bridgehead atoms. The van der Waals surface area contributed by atoms with E-state index in [4.69, 9.17) is 14.2 Å². The van der Waals surface area contributed by atoms with Crippen molar-refractivity contribution < 1.29 is 27.4 Å². The molecule has 3 aromatic carbocycles. The first-order chi connectivity index (χ1) is 16.4. The summed E-state index contributed by atoms with van der Waals surface area (Å²) in [6.07, 6.45) is -0.316. The number of ether oxygens (including phenoxy) is 3. The molecule has 0 spiro atoms. The second kappa shape index (κ2) is 11.4. The fourth-order valence-electron chi connectivity index (χ4n) is 3.13. The summed E-state index contributed by atoms with van der Waals surface area (Å²) in [6, 6.07) is 19.6. The van der Waals surface area contributed by atoms with E-state index in [0.29, 0.717) is 41.7 Å². The number of nitrogens with one attached hydrogen (secondary N) is 2. The lowest BCUT2D eigenvalue weighted by Crippen LogP contribution is -2.32. The lowest BCUT2D eigenvalue weighted by atomic mass is 10.2. The SMILES string of the molecule is CCOc1ccc(NS(=O)(=O)c2ccc(NC(=O)[C@@H](CC)Oc3ccccc3OC)cc2)cc1. The summed E-state index contributed by atoms with van der Waals surface area (Å²) in [7, 11) is -2.26. The highest BCUT2D eigenvalue weighted by Gasteiger charge is 2.21. The predicted molar refractivity (Wildman–Crippen MR) is 131 cm³/mol. The number of anilines is 2. The van der Waals surface area contributed by atoms with Crippen molar-refractivity contribution in [2.45, 2.75) is 31.3 Å². The maximum absolute atomic E-state index is 12.7. The number of carbonyl (C=O) groups is 1. The molecule has 34 heavy (non-hydrogen) atoms. The summed E-state index contributed by atoms with van der Waals surface area (Å²) in [5.74, 6) is 1.30. The zero-order valence-corrected chi connectivity index (χ0v) is 20.1. The normalized spacial score (nSPS) is 11.9. The fourth-order valence-corrected chi connectivity index (χ4v) is 4.19. The lowest BCUT2D eigenvalue weighted by molar-refractivity contribution is -0.122. The molecule has 180 valence electrons. The summed E-state index contributed by atoms with van der Waals surface area (Å²) < 4.78 is 44.4. The van der Waals surface area contributed by atoms with Gasteiger partial charge in [-0.05, 0) is 74.0 Å². The van der Waals surface area contributed by atoms with E-state index in [2.05, 4.69) is 10.0 Å². The van der Waals surface area contributed by atoms with Gasteiger partial charge in [0.1, 0.15) is 5.75 Å². The number of benzene rings is 3. The zero-order chi connectivity index (χ0) is 24.6. The van der Waals surface area contributed by atoms with E-state index in [1.165, 1.54) is 31.4 Å². The number of hydrogen-bond acceptors (Lipinski definition) is 6. The Kier molecular flexibility index (Phi) is 8.37. The number of methoxy groups -OCH3 is 1. The molecule has 1 atom stereocenters. The molecule has 0 saturated heterocycles. The molecular formula is C25H28N2O6S. The molecule has 0 saturated carbocycles. The van der Waals surface area contributed by atoms with Gasteiger partial charge >= 0.3 is 0 Å². The highest BCUT2D eigenvalue weighted by molar-refractivity contribution is 7.92. The average molecular weight is 485 g/mol. The standard InChI is InChI=1S/C25H28N2O6S/c1-4-22(33-24-9-7-6-8-23(24)31-3)25(28)26-18-12-16-21(17-13-18)34(29,30)27-19-10-14-20(15-11-19)32-5-2/h6-17,22,27H,4-5H2,1-3H3,(H,26,28)/t22-/m1/s1. The van der Waals surface area contributed by atoms with Gasteiger partial charge in [-0.2, -0.15) is 0 Å². The first kappa shape index (κ1) is 24.9. The Morgan fingerprint density at radius 2 is 1.50 bits per heavy atom. The Morgan fingerprint density at radius 1 is 0.882 bits per heavy atom. The molecule has 0 heterocycles. The van der Waals surface area contributed by atoms with E-state index in [1.807, 2.05) is 19.9 Å². The largest absolute Gasteiger partial charge is 0.494 e. The molecule has 3 rings (SSSR count). The van der Waals surface area contributed by atoms with Crippen LogP contribution in [0.5, 0.6) is 17.2 Å². The van der Waals surface area contributed by atoms with E-state index in [0.717, 1.165) is 0 Å².